The van der Waals surface area contributed by atoms with E-state index < -0.39 is 0 Å². The van der Waals surface area contributed by atoms with Crippen LogP contribution in [0, 0.1) is 11.7 Å². The summed E-state index contributed by atoms with van der Waals surface area (Å²) in [5.41, 5.74) is 1.01. The molecule has 2 N–H and O–H groups in total. The molecule has 1 fully saturated rings. The van der Waals surface area contributed by atoms with Gasteiger partial charge in [-0.15, -0.1) is 0 Å². The third kappa shape index (κ3) is 3.09. The lowest BCUT2D eigenvalue weighted by atomic mass is 9.87. The van der Waals surface area contributed by atoms with Crippen molar-refractivity contribution in [3.8, 4) is 0 Å². The normalized spacial score (nSPS) is 20.5. The van der Waals surface area contributed by atoms with Gasteiger partial charge in [0.15, 0.2) is 0 Å². The fourth-order valence-corrected chi connectivity index (χ4v) is 3.71. The lowest BCUT2D eigenvalue weighted by Gasteiger charge is -2.26. The Labute approximate surface area is 149 Å². The SMILES string of the molecule is CC1CCC(NC(=O)Cn2cnc3c([nH]c4ccc(F)cc43)c2=O)CC1. The molecule has 0 bridgehead atoms. The molecule has 0 unspecified atom stereocenters. The highest BCUT2D eigenvalue weighted by Crippen LogP contribution is 2.24. The van der Waals surface area contributed by atoms with Crippen LogP contribution in [-0.4, -0.2) is 26.5 Å². The van der Waals surface area contributed by atoms with Gasteiger partial charge in [0.1, 0.15) is 23.4 Å². The van der Waals surface area contributed by atoms with Crippen molar-refractivity contribution in [3.05, 3.63) is 40.7 Å². The largest absolute Gasteiger partial charge is 0.352 e. The van der Waals surface area contributed by atoms with Gasteiger partial charge < -0.3 is 10.3 Å². The van der Waals surface area contributed by atoms with Crippen LogP contribution >= 0.6 is 0 Å². The quantitative estimate of drug-likeness (QED) is 0.757. The van der Waals surface area contributed by atoms with Crippen LogP contribution < -0.4 is 10.9 Å². The van der Waals surface area contributed by atoms with E-state index >= 15 is 0 Å². The zero-order valence-electron chi connectivity index (χ0n) is 14.6. The van der Waals surface area contributed by atoms with E-state index in [1.54, 1.807) is 6.07 Å². The van der Waals surface area contributed by atoms with Crippen LogP contribution in [0.1, 0.15) is 32.6 Å². The van der Waals surface area contributed by atoms with E-state index in [9.17, 15) is 14.0 Å². The molecule has 1 saturated carbocycles. The molecule has 7 heteroatoms. The summed E-state index contributed by atoms with van der Waals surface area (Å²) in [6.45, 7) is 2.16. The Balaban J connectivity index is 1.57. The number of halogens is 1. The Morgan fingerprint density at radius 3 is 2.88 bits per heavy atom. The van der Waals surface area contributed by atoms with Gasteiger partial charge in [-0.3, -0.25) is 14.2 Å². The van der Waals surface area contributed by atoms with Crippen molar-refractivity contribution in [2.75, 3.05) is 0 Å². The number of carbonyl (C=O) groups excluding carboxylic acids is 1. The number of carbonyl (C=O) groups is 1. The number of amides is 1. The van der Waals surface area contributed by atoms with E-state index in [1.807, 2.05) is 0 Å². The summed E-state index contributed by atoms with van der Waals surface area (Å²) in [5.74, 6) is 0.143. The Morgan fingerprint density at radius 2 is 2.12 bits per heavy atom. The van der Waals surface area contributed by atoms with Crippen LogP contribution in [0.4, 0.5) is 4.39 Å². The monoisotopic (exact) mass is 356 g/mol. The minimum atomic E-state index is -0.384. The first-order valence-electron chi connectivity index (χ1n) is 8.97. The molecular weight excluding hydrogens is 335 g/mol. The van der Waals surface area contributed by atoms with Gasteiger partial charge in [-0.05, 0) is 49.8 Å². The molecular formula is C19H21FN4O2. The summed E-state index contributed by atoms with van der Waals surface area (Å²) in [4.78, 5) is 32.2. The molecule has 136 valence electrons. The van der Waals surface area contributed by atoms with Crippen molar-refractivity contribution in [3.63, 3.8) is 0 Å². The van der Waals surface area contributed by atoms with E-state index in [0.717, 1.165) is 25.7 Å². The highest BCUT2D eigenvalue weighted by Gasteiger charge is 2.20. The fraction of sp³-hybridized carbons (Fsp3) is 0.421. The summed E-state index contributed by atoms with van der Waals surface area (Å²) in [7, 11) is 0. The van der Waals surface area contributed by atoms with Crippen LogP contribution in [-0.2, 0) is 11.3 Å². The van der Waals surface area contributed by atoms with Gasteiger partial charge in [0.2, 0.25) is 5.91 Å². The molecule has 1 aromatic carbocycles. The first-order valence-corrected chi connectivity index (χ1v) is 8.97. The second-order valence-corrected chi connectivity index (χ2v) is 7.24. The lowest BCUT2D eigenvalue weighted by Crippen LogP contribution is -2.40. The second-order valence-electron chi connectivity index (χ2n) is 7.24. The molecule has 1 amide bonds. The maximum Gasteiger partial charge on any atom is 0.278 e. The molecule has 4 rings (SSSR count). The predicted octanol–water partition coefficient (Wildman–Crippen LogP) is 2.71. The topological polar surface area (TPSA) is 79.8 Å². The maximum absolute atomic E-state index is 13.5. The number of H-pyrrole nitrogens is 1. The van der Waals surface area contributed by atoms with Crippen molar-refractivity contribution in [2.24, 2.45) is 5.92 Å². The molecule has 2 aromatic heterocycles. The number of hydrogen-bond donors (Lipinski definition) is 2. The number of benzene rings is 1. The summed E-state index contributed by atoms with van der Waals surface area (Å²) < 4.78 is 14.7. The number of hydrogen-bond acceptors (Lipinski definition) is 3. The van der Waals surface area contributed by atoms with Crippen LogP contribution in [0.25, 0.3) is 21.9 Å². The average Bonchev–Trinajstić information content (AvgIpc) is 2.98. The van der Waals surface area contributed by atoms with E-state index in [4.69, 9.17) is 0 Å². The van der Waals surface area contributed by atoms with Crippen molar-refractivity contribution >= 4 is 27.8 Å². The predicted molar refractivity (Wildman–Crippen MR) is 97.4 cm³/mol. The minimum absolute atomic E-state index is 0.0719. The molecule has 1 aliphatic carbocycles. The molecule has 0 atom stereocenters. The van der Waals surface area contributed by atoms with Crippen LogP contribution in [0.2, 0.25) is 0 Å². The molecule has 0 radical (unpaired) electrons. The van der Waals surface area contributed by atoms with Crippen molar-refractivity contribution in [1.29, 1.82) is 0 Å². The molecule has 6 nitrogen and oxygen atoms in total. The first-order chi connectivity index (χ1) is 12.5. The number of rotatable bonds is 3. The third-order valence-corrected chi connectivity index (χ3v) is 5.23. The van der Waals surface area contributed by atoms with Gasteiger partial charge in [-0.1, -0.05) is 6.92 Å². The number of fused-ring (bicyclic) bond motifs is 3. The second kappa shape index (κ2) is 6.55. The van der Waals surface area contributed by atoms with Gasteiger partial charge >= 0.3 is 0 Å². The highest BCUT2D eigenvalue weighted by molar-refractivity contribution is 6.04. The van der Waals surface area contributed by atoms with Crippen LogP contribution in [0.15, 0.2) is 29.3 Å². The molecule has 26 heavy (non-hydrogen) atoms. The van der Waals surface area contributed by atoms with E-state index in [2.05, 4.69) is 22.2 Å². The number of nitrogens with zero attached hydrogens (tertiary/aromatic N) is 2. The molecule has 2 heterocycles. The van der Waals surface area contributed by atoms with Crippen molar-refractivity contribution in [2.45, 2.75) is 45.2 Å². The summed E-state index contributed by atoms with van der Waals surface area (Å²) in [6.07, 6.45) is 5.54. The highest BCUT2D eigenvalue weighted by atomic mass is 19.1. The number of nitrogens with one attached hydrogen (secondary N) is 2. The molecule has 0 spiro atoms. The van der Waals surface area contributed by atoms with Crippen LogP contribution in [0.3, 0.4) is 0 Å². The zero-order chi connectivity index (χ0) is 18.3. The van der Waals surface area contributed by atoms with E-state index in [0.29, 0.717) is 22.3 Å². The smallest absolute Gasteiger partial charge is 0.278 e. The fourth-order valence-electron chi connectivity index (χ4n) is 3.71. The molecule has 0 aliphatic heterocycles. The summed E-state index contributed by atoms with van der Waals surface area (Å²) in [6, 6.07) is 4.44. The Kier molecular flexibility index (Phi) is 4.22. The Morgan fingerprint density at radius 1 is 1.35 bits per heavy atom. The number of aromatic nitrogens is 3. The van der Waals surface area contributed by atoms with Gasteiger partial charge in [-0.25, -0.2) is 9.37 Å². The minimum Gasteiger partial charge on any atom is -0.352 e. The third-order valence-electron chi connectivity index (χ3n) is 5.23. The standard InChI is InChI=1S/C19H21FN4O2/c1-11-2-5-13(6-3-11)22-16(25)9-24-10-21-17-14-8-12(20)4-7-15(14)23-18(17)19(24)26/h4,7-8,10-11,13,23H,2-3,5-6,9H2,1H3,(H,22,25). The average molecular weight is 356 g/mol. The van der Waals surface area contributed by atoms with E-state index in [1.165, 1.54) is 23.0 Å². The van der Waals surface area contributed by atoms with Crippen molar-refractivity contribution in [1.82, 2.24) is 19.9 Å². The van der Waals surface area contributed by atoms with Gasteiger partial charge in [-0.2, -0.15) is 0 Å². The first kappa shape index (κ1) is 16.8. The summed E-state index contributed by atoms with van der Waals surface area (Å²) >= 11 is 0. The van der Waals surface area contributed by atoms with Gasteiger partial charge in [0.05, 0.1) is 6.33 Å². The van der Waals surface area contributed by atoms with E-state index in [-0.39, 0.29) is 35.4 Å². The zero-order valence-corrected chi connectivity index (χ0v) is 14.6. The van der Waals surface area contributed by atoms with Crippen molar-refractivity contribution < 1.29 is 9.18 Å². The lowest BCUT2D eigenvalue weighted by molar-refractivity contribution is -0.122. The summed E-state index contributed by atoms with van der Waals surface area (Å²) in [5, 5.41) is 3.57. The van der Waals surface area contributed by atoms with Gasteiger partial charge in [0, 0.05) is 16.9 Å². The van der Waals surface area contributed by atoms with Crippen LogP contribution in [0.5, 0.6) is 0 Å². The Bertz CT molecular complexity index is 1030. The molecule has 3 aromatic rings. The number of aromatic amines is 1. The Hall–Kier alpha value is -2.70. The maximum atomic E-state index is 13.5. The van der Waals surface area contributed by atoms with Gasteiger partial charge in [0.25, 0.3) is 5.56 Å². The molecule has 0 saturated heterocycles. The molecule has 1 aliphatic rings.